The molecule has 2 heterocycles. The van der Waals surface area contributed by atoms with Crippen molar-refractivity contribution in [3.05, 3.63) is 30.1 Å². The third-order valence-electron chi connectivity index (χ3n) is 4.26. The van der Waals surface area contributed by atoms with Crippen LogP contribution in [0.3, 0.4) is 0 Å². The van der Waals surface area contributed by atoms with E-state index in [0.717, 1.165) is 44.9 Å². The van der Waals surface area contributed by atoms with E-state index in [1.54, 1.807) is 0 Å². The molecule has 1 fully saturated rings. The standard InChI is InChI=1S/C16H27N3O/c1-3-15(17)16(14-5-4-8-18-11-14)19(2)12-13-6-9-20-10-7-13/h4-5,8,11,13,15-16H,3,6-7,9-10,12,17H2,1-2H3. The fraction of sp³-hybridized carbons (Fsp3) is 0.688. The molecule has 0 radical (unpaired) electrons. The van der Waals surface area contributed by atoms with E-state index in [2.05, 4.69) is 29.9 Å². The summed E-state index contributed by atoms with van der Waals surface area (Å²) < 4.78 is 5.44. The van der Waals surface area contributed by atoms with Crippen molar-refractivity contribution in [1.29, 1.82) is 0 Å². The maximum Gasteiger partial charge on any atom is 0.0511 e. The Labute approximate surface area is 122 Å². The summed E-state index contributed by atoms with van der Waals surface area (Å²) in [6.07, 6.45) is 7.05. The van der Waals surface area contributed by atoms with Crippen LogP contribution in [0.1, 0.15) is 37.8 Å². The van der Waals surface area contributed by atoms with Crippen LogP contribution in [-0.4, -0.2) is 42.7 Å². The number of likely N-dealkylation sites (N-methyl/N-ethyl adjacent to an activating group) is 1. The van der Waals surface area contributed by atoms with E-state index in [0.29, 0.717) is 0 Å². The average Bonchev–Trinajstić information content (AvgIpc) is 2.49. The van der Waals surface area contributed by atoms with Gasteiger partial charge in [-0.1, -0.05) is 13.0 Å². The number of pyridine rings is 1. The maximum atomic E-state index is 6.36. The first kappa shape index (κ1) is 15.4. The molecule has 2 unspecified atom stereocenters. The van der Waals surface area contributed by atoms with Gasteiger partial charge in [0.1, 0.15) is 0 Å². The van der Waals surface area contributed by atoms with Crippen LogP contribution in [0, 0.1) is 5.92 Å². The molecule has 20 heavy (non-hydrogen) atoms. The second-order valence-corrected chi connectivity index (χ2v) is 5.80. The number of nitrogens with two attached hydrogens (primary N) is 1. The first-order valence-corrected chi connectivity index (χ1v) is 7.65. The van der Waals surface area contributed by atoms with Crippen LogP contribution in [0.2, 0.25) is 0 Å². The van der Waals surface area contributed by atoms with Crippen molar-refractivity contribution >= 4 is 0 Å². The summed E-state index contributed by atoms with van der Waals surface area (Å²) in [6, 6.07) is 4.52. The lowest BCUT2D eigenvalue weighted by Crippen LogP contribution is -2.41. The molecule has 112 valence electrons. The van der Waals surface area contributed by atoms with Crippen LogP contribution in [0.15, 0.2) is 24.5 Å². The largest absolute Gasteiger partial charge is 0.381 e. The number of hydrogen-bond acceptors (Lipinski definition) is 4. The minimum absolute atomic E-state index is 0.143. The van der Waals surface area contributed by atoms with Crippen LogP contribution >= 0.6 is 0 Å². The van der Waals surface area contributed by atoms with Crippen molar-refractivity contribution in [3.8, 4) is 0 Å². The molecule has 1 aromatic rings. The van der Waals surface area contributed by atoms with Gasteiger partial charge in [0.15, 0.2) is 0 Å². The predicted molar refractivity (Wildman–Crippen MR) is 81.4 cm³/mol. The molecule has 0 saturated carbocycles. The molecule has 1 aromatic heterocycles. The van der Waals surface area contributed by atoms with Crippen LogP contribution < -0.4 is 5.73 Å². The summed E-state index contributed by atoms with van der Waals surface area (Å²) in [5, 5.41) is 0. The molecule has 0 bridgehead atoms. The number of hydrogen-bond donors (Lipinski definition) is 1. The summed E-state index contributed by atoms with van der Waals surface area (Å²) in [4.78, 5) is 6.65. The van der Waals surface area contributed by atoms with Gasteiger partial charge in [0, 0.05) is 38.2 Å². The molecule has 0 spiro atoms. The van der Waals surface area contributed by atoms with E-state index in [1.165, 1.54) is 5.56 Å². The SMILES string of the molecule is CCC(N)C(c1cccnc1)N(C)CC1CCOCC1. The number of rotatable bonds is 6. The van der Waals surface area contributed by atoms with Gasteiger partial charge in [0.25, 0.3) is 0 Å². The Morgan fingerprint density at radius 2 is 2.20 bits per heavy atom. The molecule has 1 saturated heterocycles. The molecule has 4 nitrogen and oxygen atoms in total. The molecule has 0 amide bonds. The maximum absolute atomic E-state index is 6.36. The van der Waals surface area contributed by atoms with Gasteiger partial charge in [-0.05, 0) is 43.9 Å². The zero-order chi connectivity index (χ0) is 14.4. The molecule has 0 aliphatic carbocycles. The van der Waals surface area contributed by atoms with Crippen molar-refractivity contribution < 1.29 is 4.74 Å². The van der Waals surface area contributed by atoms with Crippen molar-refractivity contribution in [1.82, 2.24) is 9.88 Å². The van der Waals surface area contributed by atoms with E-state index in [4.69, 9.17) is 10.5 Å². The molecular formula is C16H27N3O. The summed E-state index contributed by atoms with van der Waals surface area (Å²) >= 11 is 0. The first-order chi connectivity index (χ1) is 9.72. The Morgan fingerprint density at radius 3 is 2.80 bits per heavy atom. The topological polar surface area (TPSA) is 51.4 Å². The Morgan fingerprint density at radius 1 is 1.45 bits per heavy atom. The van der Waals surface area contributed by atoms with Crippen LogP contribution in [0.4, 0.5) is 0 Å². The van der Waals surface area contributed by atoms with Crippen molar-refractivity contribution in [2.45, 2.75) is 38.3 Å². The lowest BCUT2D eigenvalue weighted by atomic mass is 9.94. The van der Waals surface area contributed by atoms with Crippen LogP contribution in [0.5, 0.6) is 0 Å². The highest BCUT2D eigenvalue weighted by Crippen LogP contribution is 2.26. The van der Waals surface area contributed by atoms with Gasteiger partial charge in [-0.25, -0.2) is 0 Å². The van der Waals surface area contributed by atoms with E-state index >= 15 is 0 Å². The van der Waals surface area contributed by atoms with E-state index in [1.807, 2.05) is 18.5 Å². The molecule has 1 aliphatic heterocycles. The first-order valence-electron chi connectivity index (χ1n) is 7.65. The summed E-state index contributed by atoms with van der Waals surface area (Å²) in [5.41, 5.74) is 7.58. The quantitative estimate of drug-likeness (QED) is 0.866. The van der Waals surface area contributed by atoms with Gasteiger partial charge in [-0.15, -0.1) is 0 Å². The third-order valence-corrected chi connectivity index (χ3v) is 4.26. The lowest BCUT2D eigenvalue weighted by molar-refractivity contribution is 0.0480. The third kappa shape index (κ3) is 4.01. The Balaban J connectivity index is 2.05. The minimum atomic E-state index is 0.143. The average molecular weight is 277 g/mol. The second kappa shape index (κ2) is 7.72. The predicted octanol–water partition coefficient (Wildman–Crippen LogP) is 2.22. The van der Waals surface area contributed by atoms with Crippen molar-refractivity contribution in [2.24, 2.45) is 11.7 Å². The van der Waals surface area contributed by atoms with Gasteiger partial charge in [-0.3, -0.25) is 9.88 Å². The smallest absolute Gasteiger partial charge is 0.0511 e. The fourth-order valence-corrected chi connectivity index (χ4v) is 3.05. The highest BCUT2D eigenvalue weighted by Gasteiger charge is 2.26. The van der Waals surface area contributed by atoms with E-state index in [9.17, 15) is 0 Å². The summed E-state index contributed by atoms with van der Waals surface area (Å²) in [5.74, 6) is 0.719. The van der Waals surface area contributed by atoms with E-state index in [-0.39, 0.29) is 12.1 Å². The zero-order valence-electron chi connectivity index (χ0n) is 12.7. The molecular weight excluding hydrogens is 250 g/mol. The molecule has 4 heteroatoms. The van der Waals surface area contributed by atoms with Crippen molar-refractivity contribution in [3.63, 3.8) is 0 Å². The lowest BCUT2D eigenvalue weighted by Gasteiger charge is -2.35. The molecule has 2 rings (SSSR count). The zero-order valence-corrected chi connectivity index (χ0v) is 12.7. The Kier molecular flexibility index (Phi) is 5.95. The Hall–Kier alpha value is -0.970. The van der Waals surface area contributed by atoms with Crippen molar-refractivity contribution in [2.75, 3.05) is 26.8 Å². The molecule has 0 aromatic carbocycles. The normalized spacial score (nSPS) is 20.0. The number of ether oxygens (including phenoxy) is 1. The summed E-state index contributed by atoms with van der Waals surface area (Å²) in [6.45, 7) is 5.03. The van der Waals surface area contributed by atoms with Gasteiger partial charge in [0.05, 0.1) is 6.04 Å². The molecule has 2 atom stereocenters. The number of aromatic nitrogens is 1. The van der Waals surface area contributed by atoms with Crippen LogP contribution in [-0.2, 0) is 4.74 Å². The molecule has 2 N–H and O–H groups in total. The monoisotopic (exact) mass is 277 g/mol. The van der Waals surface area contributed by atoms with Gasteiger partial charge >= 0.3 is 0 Å². The number of nitrogens with zero attached hydrogens (tertiary/aromatic N) is 2. The Bertz CT molecular complexity index is 379. The highest BCUT2D eigenvalue weighted by molar-refractivity contribution is 5.16. The summed E-state index contributed by atoms with van der Waals surface area (Å²) in [7, 11) is 2.18. The van der Waals surface area contributed by atoms with Gasteiger partial charge < -0.3 is 10.5 Å². The van der Waals surface area contributed by atoms with Crippen LogP contribution in [0.25, 0.3) is 0 Å². The second-order valence-electron chi connectivity index (χ2n) is 5.80. The minimum Gasteiger partial charge on any atom is -0.381 e. The fourth-order valence-electron chi connectivity index (χ4n) is 3.05. The highest BCUT2D eigenvalue weighted by atomic mass is 16.5. The van der Waals surface area contributed by atoms with Gasteiger partial charge in [0.2, 0.25) is 0 Å². The van der Waals surface area contributed by atoms with E-state index < -0.39 is 0 Å². The van der Waals surface area contributed by atoms with Gasteiger partial charge in [-0.2, -0.15) is 0 Å². The molecule has 1 aliphatic rings.